The van der Waals surface area contributed by atoms with Gasteiger partial charge < -0.3 is 13.0 Å². The van der Waals surface area contributed by atoms with Gasteiger partial charge in [0.25, 0.3) is 0 Å². The SMILES string of the molecule is CO[Si](C)(OC)C(C)[Si](C)(C)O[SiH](C)C. The maximum Gasteiger partial charge on any atom is 0.336 e. The van der Waals surface area contributed by atoms with Crippen LogP contribution in [0, 0.1) is 0 Å². The van der Waals surface area contributed by atoms with Crippen LogP contribution in [0.1, 0.15) is 6.92 Å². The van der Waals surface area contributed by atoms with Gasteiger partial charge in [-0.1, -0.05) is 6.92 Å². The first-order chi connectivity index (χ1) is 6.69. The van der Waals surface area contributed by atoms with Crippen molar-refractivity contribution >= 4 is 25.9 Å². The van der Waals surface area contributed by atoms with Crippen LogP contribution in [0.15, 0.2) is 0 Å². The second-order valence-electron chi connectivity index (χ2n) is 4.92. The van der Waals surface area contributed by atoms with E-state index in [2.05, 4.69) is 39.7 Å². The molecule has 0 saturated heterocycles. The highest BCUT2D eigenvalue weighted by atomic mass is 28.4. The normalized spacial score (nSPS) is 15.8. The zero-order valence-corrected chi connectivity index (χ0v) is 14.5. The second kappa shape index (κ2) is 5.74. The van der Waals surface area contributed by atoms with E-state index in [1.54, 1.807) is 14.2 Å². The molecule has 6 heteroatoms. The van der Waals surface area contributed by atoms with Crippen LogP contribution in [0.5, 0.6) is 0 Å². The summed E-state index contributed by atoms with van der Waals surface area (Å²) in [5.74, 6) is 0. The lowest BCUT2D eigenvalue weighted by atomic mass is 10.9. The first kappa shape index (κ1) is 15.5. The minimum absolute atomic E-state index is 0.440. The maximum absolute atomic E-state index is 6.20. The molecule has 0 aliphatic rings. The standard InChI is InChI=1S/C9H26O3Si3/c1-9(15(8,10-2)11-3)14(6,7)12-13(4)5/h9,13H,1-8H3. The van der Waals surface area contributed by atoms with Gasteiger partial charge in [0, 0.05) is 19.4 Å². The Kier molecular flexibility index (Phi) is 5.94. The van der Waals surface area contributed by atoms with Crippen molar-refractivity contribution < 1.29 is 13.0 Å². The Balaban J connectivity index is 4.72. The van der Waals surface area contributed by atoms with Crippen LogP contribution in [-0.2, 0) is 13.0 Å². The van der Waals surface area contributed by atoms with E-state index in [0.29, 0.717) is 5.16 Å². The third-order valence-electron chi connectivity index (χ3n) is 3.18. The van der Waals surface area contributed by atoms with E-state index in [0.717, 1.165) is 0 Å². The zero-order chi connectivity index (χ0) is 12.3. The van der Waals surface area contributed by atoms with Crippen LogP contribution in [0.3, 0.4) is 0 Å². The molecule has 0 aliphatic heterocycles. The van der Waals surface area contributed by atoms with Crippen molar-refractivity contribution in [2.45, 2.75) is 44.8 Å². The monoisotopic (exact) mass is 266 g/mol. The minimum Gasteiger partial charge on any atom is -0.458 e. The average molecular weight is 267 g/mol. The van der Waals surface area contributed by atoms with Gasteiger partial charge >= 0.3 is 8.56 Å². The Morgan fingerprint density at radius 3 is 1.67 bits per heavy atom. The predicted octanol–water partition coefficient (Wildman–Crippen LogP) is 2.49. The van der Waals surface area contributed by atoms with Gasteiger partial charge in [0.2, 0.25) is 0 Å². The number of hydrogen-bond donors (Lipinski definition) is 0. The summed E-state index contributed by atoms with van der Waals surface area (Å²) >= 11 is 0. The van der Waals surface area contributed by atoms with Crippen molar-refractivity contribution in [3.63, 3.8) is 0 Å². The van der Waals surface area contributed by atoms with Crippen LogP contribution >= 0.6 is 0 Å². The molecule has 0 aromatic carbocycles. The van der Waals surface area contributed by atoms with Gasteiger partial charge in [-0.3, -0.25) is 0 Å². The van der Waals surface area contributed by atoms with E-state index in [9.17, 15) is 0 Å². The molecule has 0 heterocycles. The van der Waals surface area contributed by atoms with E-state index in [1.165, 1.54) is 0 Å². The fourth-order valence-corrected chi connectivity index (χ4v) is 14.7. The Hall–Kier alpha value is 0.531. The Morgan fingerprint density at radius 1 is 1.00 bits per heavy atom. The molecule has 0 N–H and O–H groups in total. The van der Waals surface area contributed by atoms with Crippen molar-refractivity contribution in [1.82, 2.24) is 0 Å². The molecule has 0 radical (unpaired) electrons. The van der Waals surface area contributed by atoms with Crippen LogP contribution in [-0.4, -0.2) is 40.1 Å². The molecule has 15 heavy (non-hydrogen) atoms. The van der Waals surface area contributed by atoms with E-state index in [1.807, 2.05) is 0 Å². The van der Waals surface area contributed by atoms with Gasteiger partial charge in [0.1, 0.15) is 0 Å². The Labute approximate surface area is 98.2 Å². The molecule has 0 fully saturated rings. The molecule has 3 nitrogen and oxygen atoms in total. The quantitative estimate of drug-likeness (QED) is 0.691. The van der Waals surface area contributed by atoms with Crippen molar-refractivity contribution in [1.29, 1.82) is 0 Å². The molecule has 0 aromatic rings. The summed E-state index contributed by atoms with van der Waals surface area (Å²) in [4.78, 5) is 0. The molecule has 1 atom stereocenters. The lowest BCUT2D eigenvalue weighted by molar-refractivity contribution is 0.244. The highest BCUT2D eigenvalue weighted by molar-refractivity contribution is 6.92. The lowest BCUT2D eigenvalue weighted by Crippen LogP contribution is -2.54. The first-order valence-corrected chi connectivity index (χ1v) is 13.6. The molecule has 0 aromatic heterocycles. The van der Waals surface area contributed by atoms with E-state index in [-0.39, 0.29) is 0 Å². The molecule has 0 saturated carbocycles. The highest BCUT2D eigenvalue weighted by Crippen LogP contribution is 2.33. The first-order valence-electron chi connectivity index (χ1n) is 5.47. The fourth-order valence-electron chi connectivity index (χ4n) is 1.78. The molecule has 0 amide bonds. The van der Waals surface area contributed by atoms with E-state index in [4.69, 9.17) is 13.0 Å². The van der Waals surface area contributed by atoms with Crippen molar-refractivity contribution in [2.24, 2.45) is 0 Å². The lowest BCUT2D eigenvalue weighted by Gasteiger charge is -2.39. The zero-order valence-electron chi connectivity index (χ0n) is 11.4. The molecule has 1 unspecified atom stereocenters. The van der Waals surface area contributed by atoms with E-state index >= 15 is 0 Å². The van der Waals surface area contributed by atoms with Crippen LogP contribution < -0.4 is 0 Å². The van der Waals surface area contributed by atoms with Crippen molar-refractivity contribution in [2.75, 3.05) is 14.2 Å². The predicted molar refractivity (Wildman–Crippen MR) is 72.5 cm³/mol. The van der Waals surface area contributed by atoms with Gasteiger partial charge in [-0.2, -0.15) is 0 Å². The molecular formula is C9H26O3Si3. The molecule has 0 rings (SSSR count). The smallest absolute Gasteiger partial charge is 0.336 e. The number of hydrogen-bond acceptors (Lipinski definition) is 3. The summed E-state index contributed by atoms with van der Waals surface area (Å²) < 4.78 is 17.4. The third kappa shape index (κ3) is 4.12. The summed E-state index contributed by atoms with van der Waals surface area (Å²) in [6, 6.07) is 0. The summed E-state index contributed by atoms with van der Waals surface area (Å²) in [5.41, 5.74) is 0. The summed E-state index contributed by atoms with van der Waals surface area (Å²) in [7, 11) is -1.18. The van der Waals surface area contributed by atoms with Gasteiger partial charge in [-0.25, -0.2) is 0 Å². The summed E-state index contributed by atoms with van der Waals surface area (Å²) in [6.07, 6.45) is 0. The second-order valence-corrected chi connectivity index (χ2v) is 16.3. The maximum atomic E-state index is 6.20. The van der Waals surface area contributed by atoms with Crippen LogP contribution in [0.25, 0.3) is 0 Å². The Bertz CT molecular complexity index is 193. The molecule has 0 aliphatic carbocycles. The van der Waals surface area contributed by atoms with Crippen molar-refractivity contribution in [3.05, 3.63) is 0 Å². The van der Waals surface area contributed by atoms with Gasteiger partial charge in [-0.05, 0) is 32.7 Å². The third-order valence-corrected chi connectivity index (χ3v) is 16.4. The van der Waals surface area contributed by atoms with Gasteiger partial charge in [-0.15, -0.1) is 0 Å². The topological polar surface area (TPSA) is 27.7 Å². The largest absolute Gasteiger partial charge is 0.458 e. The van der Waals surface area contributed by atoms with Gasteiger partial charge in [0.15, 0.2) is 17.4 Å². The van der Waals surface area contributed by atoms with Crippen LogP contribution in [0.2, 0.25) is 37.9 Å². The summed E-state index contributed by atoms with van der Waals surface area (Å²) in [6.45, 7) is 13.3. The molecule has 0 bridgehead atoms. The molecule has 92 valence electrons. The van der Waals surface area contributed by atoms with Crippen LogP contribution in [0.4, 0.5) is 0 Å². The van der Waals surface area contributed by atoms with Gasteiger partial charge in [0.05, 0.1) is 0 Å². The highest BCUT2D eigenvalue weighted by Gasteiger charge is 2.47. The van der Waals surface area contributed by atoms with E-state index < -0.39 is 25.9 Å². The minimum atomic E-state index is -2.04. The number of rotatable bonds is 6. The average Bonchev–Trinajstić information content (AvgIpc) is 2.13. The fraction of sp³-hybridized carbons (Fsp3) is 1.00. The molecule has 0 spiro atoms. The van der Waals surface area contributed by atoms with Crippen molar-refractivity contribution in [3.8, 4) is 0 Å². The Morgan fingerprint density at radius 2 is 1.40 bits per heavy atom. The summed E-state index contributed by atoms with van der Waals surface area (Å²) in [5, 5.41) is 0.440. The molecular weight excluding hydrogens is 240 g/mol.